The van der Waals surface area contributed by atoms with Crippen molar-refractivity contribution >= 4 is 11.6 Å². The number of nitrogens with zero attached hydrogens (tertiary/aromatic N) is 2. The van der Waals surface area contributed by atoms with Crippen LogP contribution in [0.4, 0.5) is 8.78 Å². The highest BCUT2D eigenvalue weighted by Gasteiger charge is 2.12. The highest BCUT2D eigenvalue weighted by atomic mass is 35.5. The lowest BCUT2D eigenvalue weighted by molar-refractivity contribution is 0.519. The van der Waals surface area contributed by atoms with E-state index in [0.29, 0.717) is 0 Å². The van der Waals surface area contributed by atoms with E-state index in [2.05, 4.69) is 10.2 Å². The molecule has 0 saturated carbocycles. The first kappa shape index (κ1) is 10.0. The molecule has 2 aromatic rings. The van der Waals surface area contributed by atoms with Crippen LogP contribution in [0.5, 0.6) is 0 Å². The summed E-state index contributed by atoms with van der Waals surface area (Å²) in [5, 5.41) is 7.15. The molecule has 0 saturated heterocycles. The van der Waals surface area contributed by atoms with Crippen LogP contribution in [-0.4, -0.2) is 10.2 Å². The van der Waals surface area contributed by atoms with Gasteiger partial charge >= 0.3 is 0 Å². The summed E-state index contributed by atoms with van der Waals surface area (Å²) in [5.41, 5.74) is 0.0558. The fourth-order valence-corrected chi connectivity index (χ4v) is 1.19. The molecule has 0 aliphatic heterocycles. The lowest BCUT2D eigenvalue weighted by Gasteiger charge is -1.96. The fourth-order valence-electron chi connectivity index (χ4n) is 1.08. The number of alkyl halides is 1. The first-order valence-corrected chi connectivity index (χ1v) is 4.58. The normalized spacial score (nSPS) is 10.6. The summed E-state index contributed by atoms with van der Waals surface area (Å²) >= 11 is 5.44. The van der Waals surface area contributed by atoms with Crippen molar-refractivity contribution in [2.75, 3.05) is 0 Å². The first-order chi connectivity index (χ1) is 7.20. The Morgan fingerprint density at radius 3 is 2.67 bits per heavy atom. The number of rotatable bonds is 2. The van der Waals surface area contributed by atoms with Gasteiger partial charge in [-0.3, -0.25) is 0 Å². The Morgan fingerprint density at radius 1 is 1.27 bits per heavy atom. The minimum atomic E-state index is -0.750. The predicted octanol–water partition coefficient (Wildman–Crippen LogP) is 2.75. The maximum absolute atomic E-state index is 13.2. The molecule has 0 fully saturated rings. The van der Waals surface area contributed by atoms with Crippen molar-refractivity contribution in [3.63, 3.8) is 0 Å². The number of hydrogen-bond donors (Lipinski definition) is 0. The molecule has 0 bridgehead atoms. The Morgan fingerprint density at radius 2 is 2.07 bits per heavy atom. The van der Waals surface area contributed by atoms with E-state index in [4.69, 9.17) is 16.0 Å². The minimum Gasteiger partial charge on any atom is -0.419 e. The van der Waals surface area contributed by atoms with Gasteiger partial charge in [0.25, 0.3) is 5.89 Å². The van der Waals surface area contributed by atoms with Crippen LogP contribution in [0.1, 0.15) is 5.89 Å². The van der Waals surface area contributed by atoms with Crippen molar-refractivity contribution < 1.29 is 13.2 Å². The van der Waals surface area contributed by atoms with Gasteiger partial charge in [0.1, 0.15) is 17.5 Å². The quantitative estimate of drug-likeness (QED) is 0.745. The maximum Gasteiger partial charge on any atom is 0.250 e. The van der Waals surface area contributed by atoms with E-state index >= 15 is 0 Å². The van der Waals surface area contributed by atoms with Crippen molar-refractivity contribution in [2.24, 2.45) is 0 Å². The van der Waals surface area contributed by atoms with Crippen LogP contribution in [0.3, 0.4) is 0 Å². The number of aromatic nitrogens is 2. The molecular formula is C9H5ClF2N2O. The van der Waals surface area contributed by atoms with Gasteiger partial charge in [-0.1, -0.05) is 0 Å². The third-order valence-corrected chi connectivity index (χ3v) is 1.97. The molecule has 0 N–H and O–H groups in total. The number of hydrogen-bond acceptors (Lipinski definition) is 3. The average molecular weight is 231 g/mol. The molecule has 2 rings (SSSR count). The Kier molecular flexibility index (Phi) is 2.64. The molecule has 78 valence electrons. The van der Waals surface area contributed by atoms with Crippen LogP contribution in [0, 0.1) is 11.6 Å². The second kappa shape index (κ2) is 3.94. The van der Waals surface area contributed by atoms with Crippen LogP contribution < -0.4 is 0 Å². The molecule has 0 spiro atoms. The molecule has 6 heteroatoms. The van der Waals surface area contributed by atoms with Crippen molar-refractivity contribution in [1.82, 2.24) is 10.2 Å². The smallest absolute Gasteiger partial charge is 0.250 e. The van der Waals surface area contributed by atoms with Crippen LogP contribution in [0.25, 0.3) is 11.5 Å². The zero-order chi connectivity index (χ0) is 10.8. The second-order valence-electron chi connectivity index (χ2n) is 2.76. The SMILES string of the molecule is Fc1ccc(-c2nnc(CCl)o2)c(F)c1. The Hall–Kier alpha value is -1.49. The molecule has 3 nitrogen and oxygen atoms in total. The zero-order valence-electron chi connectivity index (χ0n) is 7.38. The molecule has 1 aromatic heterocycles. The summed E-state index contributed by atoms with van der Waals surface area (Å²) in [7, 11) is 0. The van der Waals surface area contributed by atoms with Gasteiger partial charge in [-0.05, 0) is 12.1 Å². The van der Waals surface area contributed by atoms with Gasteiger partial charge in [-0.15, -0.1) is 21.8 Å². The first-order valence-electron chi connectivity index (χ1n) is 4.04. The Balaban J connectivity index is 2.44. The van der Waals surface area contributed by atoms with Crippen LogP contribution in [0.15, 0.2) is 22.6 Å². The lowest BCUT2D eigenvalue weighted by Crippen LogP contribution is -1.86. The topological polar surface area (TPSA) is 38.9 Å². The summed E-state index contributed by atoms with van der Waals surface area (Å²) in [6.45, 7) is 0. The molecule has 0 unspecified atom stereocenters. The average Bonchev–Trinajstić information content (AvgIpc) is 2.66. The van der Waals surface area contributed by atoms with Gasteiger partial charge in [-0.25, -0.2) is 8.78 Å². The molecule has 0 atom stereocenters. The van der Waals surface area contributed by atoms with E-state index in [-0.39, 0.29) is 23.2 Å². The van der Waals surface area contributed by atoms with Crippen molar-refractivity contribution in [3.05, 3.63) is 35.7 Å². The van der Waals surface area contributed by atoms with Crippen molar-refractivity contribution in [3.8, 4) is 11.5 Å². The van der Waals surface area contributed by atoms with E-state index in [1.165, 1.54) is 6.07 Å². The third kappa shape index (κ3) is 1.97. The minimum absolute atomic E-state index is 0.0110. The largest absolute Gasteiger partial charge is 0.419 e. The second-order valence-corrected chi connectivity index (χ2v) is 3.03. The Bertz CT molecular complexity index is 487. The molecular weight excluding hydrogens is 226 g/mol. The van der Waals surface area contributed by atoms with Crippen molar-refractivity contribution in [2.45, 2.75) is 5.88 Å². The van der Waals surface area contributed by atoms with Crippen LogP contribution in [-0.2, 0) is 5.88 Å². The van der Waals surface area contributed by atoms with Gasteiger partial charge in [0, 0.05) is 6.07 Å². The Labute approximate surface area is 88.7 Å². The number of halogens is 3. The standard InChI is InChI=1S/C9H5ClF2N2O/c10-4-8-13-14-9(15-8)6-2-1-5(11)3-7(6)12/h1-3H,4H2. The summed E-state index contributed by atoms with van der Waals surface area (Å²) in [4.78, 5) is 0. The predicted molar refractivity (Wildman–Crippen MR) is 49.2 cm³/mol. The maximum atomic E-state index is 13.2. The number of benzene rings is 1. The monoisotopic (exact) mass is 230 g/mol. The van der Waals surface area contributed by atoms with E-state index in [0.717, 1.165) is 12.1 Å². The molecule has 0 amide bonds. The van der Waals surface area contributed by atoms with E-state index < -0.39 is 11.6 Å². The van der Waals surface area contributed by atoms with Gasteiger partial charge in [0.2, 0.25) is 5.89 Å². The molecule has 0 aliphatic carbocycles. The van der Waals surface area contributed by atoms with Crippen molar-refractivity contribution in [1.29, 1.82) is 0 Å². The van der Waals surface area contributed by atoms with E-state index in [1.54, 1.807) is 0 Å². The van der Waals surface area contributed by atoms with Crippen LogP contribution in [0.2, 0.25) is 0 Å². The van der Waals surface area contributed by atoms with Gasteiger partial charge in [-0.2, -0.15) is 0 Å². The van der Waals surface area contributed by atoms with Gasteiger partial charge < -0.3 is 4.42 Å². The van der Waals surface area contributed by atoms with Gasteiger partial charge in [0.15, 0.2) is 0 Å². The van der Waals surface area contributed by atoms with E-state index in [1.807, 2.05) is 0 Å². The summed E-state index contributed by atoms with van der Waals surface area (Å²) in [6.07, 6.45) is 0. The summed E-state index contributed by atoms with van der Waals surface area (Å²) < 4.78 is 30.9. The lowest BCUT2D eigenvalue weighted by atomic mass is 10.2. The summed E-state index contributed by atoms with van der Waals surface area (Å²) in [6, 6.07) is 3.10. The molecule has 15 heavy (non-hydrogen) atoms. The molecule has 0 aliphatic rings. The van der Waals surface area contributed by atoms with Gasteiger partial charge in [0.05, 0.1) is 5.56 Å². The fraction of sp³-hybridized carbons (Fsp3) is 0.111. The molecule has 0 radical (unpaired) electrons. The summed E-state index contributed by atoms with van der Waals surface area (Å²) in [5.74, 6) is -1.18. The zero-order valence-corrected chi connectivity index (χ0v) is 8.13. The third-order valence-electron chi connectivity index (χ3n) is 1.74. The van der Waals surface area contributed by atoms with E-state index in [9.17, 15) is 8.78 Å². The highest BCUT2D eigenvalue weighted by Crippen LogP contribution is 2.22. The molecule has 1 heterocycles. The van der Waals surface area contributed by atoms with Crippen LogP contribution >= 0.6 is 11.6 Å². The highest BCUT2D eigenvalue weighted by molar-refractivity contribution is 6.16. The molecule has 1 aromatic carbocycles.